The number of benzene rings is 2. The van der Waals surface area contributed by atoms with Crippen LogP contribution in [0.5, 0.6) is 17.2 Å². The normalized spacial score (nSPS) is 14.0. The number of ether oxygens (including phenoxy) is 3. The highest BCUT2D eigenvalue weighted by Crippen LogP contribution is 2.29. The molecule has 0 saturated carbocycles. The van der Waals surface area contributed by atoms with Crippen molar-refractivity contribution < 1.29 is 19.0 Å². The van der Waals surface area contributed by atoms with Crippen molar-refractivity contribution in [1.82, 2.24) is 5.32 Å². The van der Waals surface area contributed by atoms with E-state index < -0.39 is 6.10 Å². The summed E-state index contributed by atoms with van der Waals surface area (Å²) >= 11 is 0. The fourth-order valence-electron chi connectivity index (χ4n) is 3.75. The largest absolute Gasteiger partial charge is 0.493 e. The Bertz CT molecular complexity index is 862. The number of fused-ring (bicyclic) bond motifs is 1. The average Bonchev–Trinajstić information content (AvgIpc) is 2.76. The zero-order valence-electron chi connectivity index (χ0n) is 18.5. The molecule has 0 fully saturated rings. The molecule has 0 spiro atoms. The van der Waals surface area contributed by atoms with Crippen LogP contribution < -0.4 is 19.5 Å². The number of amides is 1. The first-order chi connectivity index (χ1) is 14.5. The van der Waals surface area contributed by atoms with Gasteiger partial charge in [-0.05, 0) is 86.9 Å². The molecule has 0 unspecified atom stereocenters. The molecule has 5 heteroatoms. The molecule has 0 radical (unpaired) electrons. The Balaban J connectivity index is 1.60. The van der Waals surface area contributed by atoms with Crippen molar-refractivity contribution in [2.45, 2.75) is 71.6 Å². The van der Waals surface area contributed by atoms with Crippen LogP contribution in [0.2, 0.25) is 0 Å². The molecule has 0 aliphatic heterocycles. The number of aryl methyl sites for hydroxylation is 2. The second-order valence-electron chi connectivity index (χ2n) is 8.02. The zero-order chi connectivity index (χ0) is 21.5. The molecule has 0 heterocycles. The first-order valence-corrected chi connectivity index (χ1v) is 10.9. The maximum Gasteiger partial charge on any atom is 0.261 e. The molecule has 0 bridgehead atoms. The molecular formula is C25H33NO4. The van der Waals surface area contributed by atoms with Crippen molar-refractivity contribution in [2.75, 3.05) is 7.11 Å². The molecule has 1 aliphatic rings. The van der Waals surface area contributed by atoms with Gasteiger partial charge >= 0.3 is 0 Å². The molecule has 5 nitrogen and oxygen atoms in total. The Morgan fingerprint density at radius 2 is 1.77 bits per heavy atom. The third-order valence-corrected chi connectivity index (χ3v) is 5.32. The van der Waals surface area contributed by atoms with Gasteiger partial charge in [-0.3, -0.25) is 4.79 Å². The van der Waals surface area contributed by atoms with Gasteiger partial charge in [0.2, 0.25) is 0 Å². The van der Waals surface area contributed by atoms with E-state index in [1.165, 1.54) is 24.0 Å². The molecule has 30 heavy (non-hydrogen) atoms. The summed E-state index contributed by atoms with van der Waals surface area (Å²) in [7, 11) is 1.62. The van der Waals surface area contributed by atoms with E-state index in [2.05, 4.69) is 17.4 Å². The minimum absolute atomic E-state index is 0.0653. The highest BCUT2D eigenvalue weighted by molar-refractivity contribution is 5.81. The van der Waals surface area contributed by atoms with Crippen LogP contribution in [0.15, 0.2) is 36.4 Å². The van der Waals surface area contributed by atoms with Crippen LogP contribution in [-0.2, 0) is 24.2 Å². The summed E-state index contributed by atoms with van der Waals surface area (Å²) in [5.74, 6) is 2.02. The van der Waals surface area contributed by atoms with Crippen LogP contribution in [0.3, 0.4) is 0 Å². The molecule has 1 N–H and O–H groups in total. The van der Waals surface area contributed by atoms with Crippen molar-refractivity contribution in [1.29, 1.82) is 0 Å². The Morgan fingerprint density at radius 3 is 2.47 bits per heavy atom. The Hall–Kier alpha value is -2.69. The van der Waals surface area contributed by atoms with E-state index in [9.17, 15) is 4.79 Å². The lowest BCUT2D eigenvalue weighted by atomic mass is 9.92. The summed E-state index contributed by atoms with van der Waals surface area (Å²) < 4.78 is 17.2. The lowest BCUT2D eigenvalue weighted by Crippen LogP contribution is -2.37. The van der Waals surface area contributed by atoms with Gasteiger partial charge in [0.25, 0.3) is 5.91 Å². The monoisotopic (exact) mass is 411 g/mol. The molecule has 162 valence electrons. The predicted molar refractivity (Wildman–Crippen MR) is 118 cm³/mol. The summed E-state index contributed by atoms with van der Waals surface area (Å²) in [6.07, 6.45) is 4.85. The average molecular weight is 412 g/mol. The summed E-state index contributed by atoms with van der Waals surface area (Å²) in [5, 5.41) is 2.98. The SMILES string of the molecule is CC[C@@H](Oc1ccc2c(c1)CCCC2)C(=O)NCc1ccc(OC(C)C)c(OC)c1. The number of hydrogen-bond donors (Lipinski definition) is 1. The van der Waals surface area contributed by atoms with Crippen molar-refractivity contribution in [3.63, 3.8) is 0 Å². The third kappa shape index (κ3) is 5.68. The molecule has 0 saturated heterocycles. The second kappa shape index (κ2) is 10.4. The van der Waals surface area contributed by atoms with Gasteiger partial charge in [-0.1, -0.05) is 19.1 Å². The minimum Gasteiger partial charge on any atom is -0.493 e. The third-order valence-electron chi connectivity index (χ3n) is 5.32. The molecule has 2 aromatic carbocycles. The van der Waals surface area contributed by atoms with E-state index in [1.54, 1.807) is 7.11 Å². The van der Waals surface area contributed by atoms with Gasteiger partial charge < -0.3 is 19.5 Å². The van der Waals surface area contributed by atoms with E-state index in [1.807, 2.05) is 45.0 Å². The quantitative estimate of drug-likeness (QED) is 0.642. The molecule has 0 aromatic heterocycles. The summed E-state index contributed by atoms with van der Waals surface area (Å²) in [6, 6.07) is 11.9. The van der Waals surface area contributed by atoms with Crippen LogP contribution in [0.4, 0.5) is 0 Å². The molecule has 3 rings (SSSR count). The van der Waals surface area contributed by atoms with Gasteiger partial charge in [-0.25, -0.2) is 0 Å². The number of nitrogens with one attached hydrogen (secondary N) is 1. The van der Waals surface area contributed by atoms with E-state index in [0.717, 1.165) is 24.2 Å². The van der Waals surface area contributed by atoms with E-state index in [-0.39, 0.29) is 12.0 Å². The minimum atomic E-state index is -0.517. The van der Waals surface area contributed by atoms with Gasteiger partial charge in [0, 0.05) is 6.54 Å². The maximum atomic E-state index is 12.7. The number of rotatable bonds is 9. The number of hydrogen-bond acceptors (Lipinski definition) is 4. The fraction of sp³-hybridized carbons (Fsp3) is 0.480. The molecule has 1 atom stereocenters. The highest BCUT2D eigenvalue weighted by Gasteiger charge is 2.19. The van der Waals surface area contributed by atoms with Crippen LogP contribution >= 0.6 is 0 Å². The second-order valence-corrected chi connectivity index (χ2v) is 8.02. The van der Waals surface area contributed by atoms with Crippen molar-refractivity contribution >= 4 is 5.91 Å². The molecular weight excluding hydrogens is 378 g/mol. The Labute approximate surface area is 179 Å². The maximum absolute atomic E-state index is 12.7. The van der Waals surface area contributed by atoms with Crippen LogP contribution in [0, 0.1) is 0 Å². The summed E-state index contributed by atoms with van der Waals surface area (Å²) in [4.78, 5) is 12.7. The Morgan fingerprint density at radius 1 is 1.00 bits per heavy atom. The first kappa shape index (κ1) is 22.0. The van der Waals surface area contributed by atoms with Gasteiger partial charge in [0.15, 0.2) is 17.6 Å². The summed E-state index contributed by atoms with van der Waals surface area (Å²) in [6.45, 7) is 6.31. The van der Waals surface area contributed by atoms with Crippen molar-refractivity contribution in [3.05, 3.63) is 53.1 Å². The van der Waals surface area contributed by atoms with Crippen LogP contribution in [0.1, 0.15) is 56.7 Å². The van der Waals surface area contributed by atoms with E-state index in [0.29, 0.717) is 24.5 Å². The van der Waals surface area contributed by atoms with Crippen LogP contribution in [0.25, 0.3) is 0 Å². The lowest BCUT2D eigenvalue weighted by Gasteiger charge is -2.20. The van der Waals surface area contributed by atoms with Crippen LogP contribution in [-0.4, -0.2) is 25.2 Å². The summed E-state index contributed by atoms with van der Waals surface area (Å²) in [5.41, 5.74) is 3.70. The van der Waals surface area contributed by atoms with Gasteiger partial charge in [-0.15, -0.1) is 0 Å². The highest BCUT2D eigenvalue weighted by atomic mass is 16.5. The van der Waals surface area contributed by atoms with Crippen molar-refractivity contribution in [2.24, 2.45) is 0 Å². The van der Waals surface area contributed by atoms with Gasteiger partial charge in [0.1, 0.15) is 5.75 Å². The van der Waals surface area contributed by atoms with E-state index in [4.69, 9.17) is 14.2 Å². The smallest absolute Gasteiger partial charge is 0.261 e. The van der Waals surface area contributed by atoms with Gasteiger partial charge in [-0.2, -0.15) is 0 Å². The van der Waals surface area contributed by atoms with E-state index >= 15 is 0 Å². The zero-order valence-corrected chi connectivity index (χ0v) is 18.5. The molecule has 2 aromatic rings. The number of methoxy groups -OCH3 is 1. The van der Waals surface area contributed by atoms with Crippen molar-refractivity contribution in [3.8, 4) is 17.2 Å². The first-order valence-electron chi connectivity index (χ1n) is 10.9. The standard InChI is InChI=1S/C25H33NO4/c1-5-22(30-21-12-11-19-8-6-7-9-20(19)15-21)25(27)26-16-18-10-13-23(29-17(2)3)24(14-18)28-4/h10-15,17,22H,5-9,16H2,1-4H3,(H,26,27)/t22-/m1/s1. The van der Waals surface area contributed by atoms with Gasteiger partial charge in [0.05, 0.1) is 13.2 Å². The Kier molecular flexibility index (Phi) is 7.61. The molecule has 1 aliphatic carbocycles. The fourth-order valence-corrected chi connectivity index (χ4v) is 3.75. The predicted octanol–water partition coefficient (Wildman–Crippen LogP) is 4.84. The topological polar surface area (TPSA) is 56.8 Å². The lowest BCUT2D eigenvalue weighted by molar-refractivity contribution is -0.128. The number of carbonyl (C=O) groups is 1. The number of carbonyl (C=O) groups excluding carboxylic acids is 1. The molecule has 1 amide bonds.